The maximum atomic E-state index is 12.7. The molecule has 3 aromatic rings. The summed E-state index contributed by atoms with van der Waals surface area (Å²) in [6.45, 7) is 1.26. The molecule has 2 aliphatic rings. The summed E-state index contributed by atoms with van der Waals surface area (Å²) >= 11 is 0. The van der Waals surface area contributed by atoms with Gasteiger partial charge in [0.15, 0.2) is 0 Å². The largest absolute Gasteiger partial charge is 0.489 e. The monoisotopic (exact) mass is 469 g/mol. The number of anilines is 2. The van der Waals surface area contributed by atoms with Crippen molar-refractivity contribution in [3.05, 3.63) is 83.7 Å². The van der Waals surface area contributed by atoms with Gasteiger partial charge in [-0.3, -0.25) is 9.78 Å². The van der Waals surface area contributed by atoms with Gasteiger partial charge in [-0.1, -0.05) is 44.2 Å². The van der Waals surface area contributed by atoms with Crippen LogP contribution in [0.25, 0.3) is 0 Å². The van der Waals surface area contributed by atoms with Crippen molar-refractivity contribution >= 4 is 17.3 Å². The maximum absolute atomic E-state index is 12.7. The summed E-state index contributed by atoms with van der Waals surface area (Å²) in [6, 6.07) is 18.0. The van der Waals surface area contributed by atoms with E-state index in [2.05, 4.69) is 27.8 Å². The molecule has 0 radical (unpaired) electrons. The third-order valence-corrected chi connectivity index (χ3v) is 7.14. The van der Waals surface area contributed by atoms with Crippen molar-refractivity contribution in [1.82, 2.24) is 10.3 Å². The van der Waals surface area contributed by atoms with Gasteiger partial charge in [-0.15, -0.1) is 0 Å². The SMILES string of the molecule is O=C(NCCC1CCCCC1)c1cccc(Nc2ccc(OCc3cccnc3)cc2C2CC2)c1. The van der Waals surface area contributed by atoms with Crippen molar-refractivity contribution < 1.29 is 9.53 Å². The summed E-state index contributed by atoms with van der Waals surface area (Å²) in [5.74, 6) is 2.21. The molecule has 182 valence electrons. The van der Waals surface area contributed by atoms with Crippen molar-refractivity contribution in [2.24, 2.45) is 5.92 Å². The minimum Gasteiger partial charge on any atom is -0.489 e. The van der Waals surface area contributed by atoms with Crippen molar-refractivity contribution in [3.8, 4) is 5.75 Å². The summed E-state index contributed by atoms with van der Waals surface area (Å²) in [5, 5.41) is 6.68. The average Bonchev–Trinajstić information content (AvgIpc) is 3.75. The molecule has 2 fully saturated rings. The zero-order valence-electron chi connectivity index (χ0n) is 20.3. The van der Waals surface area contributed by atoms with Crippen LogP contribution < -0.4 is 15.4 Å². The quantitative estimate of drug-likeness (QED) is 0.336. The molecule has 2 aromatic carbocycles. The van der Waals surface area contributed by atoms with E-state index in [9.17, 15) is 4.79 Å². The predicted molar refractivity (Wildman–Crippen MR) is 140 cm³/mol. The molecule has 0 bridgehead atoms. The molecule has 35 heavy (non-hydrogen) atoms. The predicted octanol–water partition coefficient (Wildman–Crippen LogP) is 6.98. The molecule has 1 amide bonds. The van der Waals surface area contributed by atoms with Gasteiger partial charge in [0.05, 0.1) is 0 Å². The highest BCUT2D eigenvalue weighted by Crippen LogP contribution is 2.45. The molecule has 0 aliphatic heterocycles. The van der Waals surface area contributed by atoms with E-state index in [0.29, 0.717) is 18.1 Å². The van der Waals surface area contributed by atoms with Crippen LogP contribution in [0.2, 0.25) is 0 Å². The molecule has 2 aliphatic carbocycles. The first-order chi connectivity index (χ1) is 17.2. The number of hydrogen-bond donors (Lipinski definition) is 2. The highest BCUT2D eigenvalue weighted by Gasteiger charge is 2.27. The van der Waals surface area contributed by atoms with E-state index in [4.69, 9.17) is 4.74 Å². The number of carbonyl (C=O) groups excluding carboxylic acids is 1. The van der Waals surface area contributed by atoms with Gasteiger partial charge in [-0.25, -0.2) is 0 Å². The molecule has 0 atom stereocenters. The second-order valence-electron chi connectivity index (χ2n) is 9.93. The second-order valence-corrected chi connectivity index (χ2v) is 9.93. The lowest BCUT2D eigenvalue weighted by molar-refractivity contribution is 0.0950. The molecule has 0 saturated heterocycles. The Kier molecular flexibility index (Phi) is 7.62. The molecule has 5 rings (SSSR count). The zero-order valence-corrected chi connectivity index (χ0v) is 20.3. The van der Waals surface area contributed by atoms with Gasteiger partial charge >= 0.3 is 0 Å². The Bertz CT molecular complexity index is 1120. The summed E-state index contributed by atoms with van der Waals surface area (Å²) in [4.78, 5) is 16.9. The van der Waals surface area contributed by atoms with Gasteiger partial charge in [0.25, 0.3) is 5.91 Å². The van der Waals surface area contributed by atoms with Crippen LogP contribution in [-0.2, 0) is 6.61 Å². The first-order valence-corrected chi connectivity index (χ1v) is 13.1. The smallest absolute Gasteiger partial charge is 0.251 e. The fourth-order valence-electron chi connectivity index (χ4n) is 4.99. The minimum atomic E-state index is 0.00558. The Hall–Kier alpha value is -3.34. The number of ether oxygens (including phenoxy) is 1. The van der Waals surface area contributed by atoms with E-state index in [1.54, 1.807) is 6.20 Å². The van der Waals surface area contributed by atoms with Gasteiger partial charge in [0, 0.05) is 41.4 Å². The molecular formula is C30H35N3O2. The van der Waals surface area contributed by atoms with E-state index in [-0.39, 0.29) is 5.91 Å². The van der Waals surface area contributed by atoms with Crippen LogP contribution in [0.1, 0.15) is 78.8 Å². The third-order valence-electron chi connectivity index (χ3n) is 7.14. The standard InChI is InChI=1S/C30H35N3O2/c34-30(32-17-15-22-6-2-1-3-7-22)25-9-4-10-26(18-25)33-29-14-13-27(19-28(29)24-11-12-24)35-21-23-8-5-16-31-20-23/h4-5,8-10,13-14,16,18-20,22,24,33H,1-3,6-7,11-12,15,17,21H2,(H,32,34). The van der Waals surface area contributed by atoms with E-state index < -0.39 is 0 Å². The number of benzene rings is 2. The van der Waals surface area contributed by atoms with Gasteiger partial charge in [0.2, 0.25) is 0 Å². The third kappa shape index (κ3) is 6.62. The van der Waals surface area contributed by atoms with E-state index >= 15 is 0 Å². The normalized spacial score (nSPS) is 16.0. The zero-order chi connectivity index (χ0) is 23.9. The Morgan fingerprint density at radius 3 is 2.66 bits per heavy atom. The first-order valence-electron chi connectivity index (χ1n) is 13.1. The van der Waals surface area contributed by atoms with Crippen LogP contribution in [0.15, 0.2) is 67.0 Å². The lowest BCUT2D eigenvalue weighted by Crippen LogP contribution is -2.26. The Morgan fingerprint density at radius 1 is 0.971 bits per heavy atom. The fourth-order valence-corrected chi connectivity index (χ4v) is 4.99. The average molecular weight is 470 g/mol. The summed E-state index contributed by atoms with van der Waals surface area (Å²) < 4.78 is 6.03. The van der Waals surface area contributed by atoms with Crippen LogP contribution in [0.4, 0.5) is 11.4 Å². The molecule has 5 nitrogen and oxygen atoms in total. The molecule has 1 heterocycles. The lowest BCUT2D eigenvalue weighted by atomic mass is 9.87. The molecule has 0 spiro atoms. The van der Waals surface area contributed by atoms with E-state index in [0.717, 1.165) is 41.6 Å². The summed E-state index contributed by atoms with van der Waals surface area (Å²) in [6.07, 6.45) is 13.8. The fraction of sp³-hybridized carbons (Fsp3) is 0.400. The first kappa shape index (κ1) is 23.4. The van der Waals surface area contributed by atoms with E-state index in [1.165, 1.54) is 50.5 Å². The van der Waals surface area contributed by atoms with Gasteiger partial charge in [-0.05, 0) is 79.1 Å². The van der Waals surface area contributed by atoms with E-state index in [1.807, 2.05) is 48.7 Å². The minimum absolute atomic E-state index is 0.00558. The molecule has 1 aromatic heterocycles. The molecule has 2 N–H and O–H groups in total. The lowest BCUT2D eigenvalue weighted by Gasteiger charge is -2.21. The number of hydrogen-bond acceptors (Lipinski definition) is 4. The highest BCUT2D eigenvalue weighted by atomic mass is 16.5. The number of rotatable bonds is 10. The van der Waals surface area contributed by atoms with Crippen molar-refractivity contribution in [2.45, 2.75) is 63.9 Å². The van der Waals surface area contributed by atoms with Gasteiger partial charge in [-0.2, -0.15) is 0 Å². The van der Waals surface area contributed by atoms with Crippen molar-refractivity contribution in [3.63, 3.8) is 0 Å². The molecule has 5 heteroatoms. The number of carbonyl (C=O) groups is 1. The number of pyridine rings is 1. The number of nitrogens with one attached hydrogen (secondary N) is 2. The van der Waals surface area contributed by atoms with Crippen LogP contribution in [0.3, 0.4) is 0 Å². The second kappa shape index (κ2) is 11.4. The Balaban J connectivity index is 1.20. The van der Waals surface area contributed by atoms with Gasteiger partial charge < -0.3 is 15.4 Å². The summed E-state index contributed by atoms with van der Waals surface area (Å²) in [7, 11) is 0. The Morgan fingerprint density at radius 2 is 1.86 bits per heavy atom. The van der Waals surface area contributed by atoms with Crippen LogP contribution in [0, 0.1) is 5.92 Å². The topological polar surface area (TPSA) is 63.2 Å². The molecular weight excluding hydrogens is 434 g/mol. The Labute approximate surface area is 208 Å². The van der Waals surface area contributed by atoms with Crippen LogP contribution >= 0.6 is 0 Å². The van der Waals surface area contributed by atoms with Crippen LogP contribution in [-0.4, -0.2) is 17.4 Å². The molecule has 0 unspecified atom stereocenters. The summed E-state index contributed by atoms with van der Waals surface area (Å²) in [5.41, 5.74) is 5.03. The maximum Gasteiger partial charge on any atom is 0.251 e. The number of amides is 1. The van der Waals surface area contributed by atoms with Gasteiger partial charge in [0.1, 0.15) is 12.4 Å². The number of nitrogens with zero attached hydrogens (tertiary/aromatic N) is 1. The van der Waals surface area contributed by atoms with Crippen LogP contribution in [0.5, 0.6) is 5.75 Å². The van der Waals surface area contributed by atoms with Crippen molar-refractivity contribution in [1.29, 1.82) is 0 Å². The molecule has 2 saturated carbocycles. The number of aromatic nitrogens is 1. The highest BCUT2D eigenvalue weighted by molar-refractivity contribution is 5.95. The van der Waals surface area contributed by atoms with Crippen molar-refractivity contribution in [2.75, 3.05) is 11.9 Å².